The van der Waals surface area contributed by atoms with Gasteiger partial charge in [0.2, 0.25) is 0 Å². The largest absolute Gasteiger partial charge is 0.388 e. The van der Waals surface area contributed by atoms with Gasteiger partial charge in [0.05, 0.1) is 11.4 Å². The third-order valence-electron chi connectivity index (χ3n) is 4.77. The second kappa shape index (κ2) is 12.0. The van der Waals surface area contributed by atoms with Gasteiger partial charge >= 0.3 is 0 Å². The van der Waals surface area contributed by atoms with E-state index < -0.39 is 0 Å². The van der Waals surface area contributed by atoms with Crippen molar-refractivity contribution < 1.29 is 9.59 Å². The first kappa shape index (κ1) is 24.4. The molecule has 0 unspecified atom stereocenters. The second-order valence-corrected chi connectivity index (χ2v) is 6.93. The summed E-state index contributed by atoms with van der Waals surface area (Å²) in [5, 5.41) is 6.80. The maximum Gasteiger partial charge on any atom is 0.146 e. The molecule has 0 atom stereocenters. The minimum atomic E-state index is 0.545. The minimum Gasteiger partial charge on any atom is -0.388 e. The summed E-state index contributed by atoms with van der Waals surface area (Å²) in [5.41, 5.74) is 6.14. The molecule has 0 saturated carbocycles. The molecule has 1 aromatic rings. The lowest BCUT2D eigenvalue weighted by Crippen LogP contribution is -2.10. The molecule has 0 amide bonds. The normalized spacial score (nSPS) is 14.0. The molecule has 5 nitrogen and oxygen atoms in total. The third kappa shape index (κ3) is 6.71. The van der Waals surface area contributed by atoms with Gasteiger partial charge in [-0.25, -0.2) is 4.98 Å². The number of likely N-dealkylation sites (N-methyl/N-ethyl adjacent to an activating group) is 2. The van der Waals surface area contributed by atoms with Crippen molar-refractivity contribution >= 4 is 36.3 Å². The van der Waals surface area contributed by atoms with E-state index in [1.807, 2.05) is 39.8 Å². The topological polar surface area (TPSA) is 71.1 Å². The van der Waals surface area contributed by atoms with Gasteiger partial charge in [0.1, 0.15) is 12.6 Å². The zero-order valence-corrected chi connectivity index (χ0v) is 18.8. The van der Waals surface area contributed by atoms with Crippen LogP contribution in [0, 0.1) is 0 Å². The summed E-state index contributed by atoms with van der Waals surface area (Å²) in [6.07, 6.45) is 6.79. The van der Waals surface area contributed by atoms with E-state index in [1.165, 1.54) is 0 Å². The Kier molecular flexibility index (Phi) is 10.1. The Labute approximate surface area is 178 Å². The summed E-state index contributed by atoms with van der Waals surface area (Å²) in [6.45, 7) is 7.69. The van der Waals surface area contributed by atoms with Crippen LogP contribution in [0.5, 0.6) is 0 Å². The maximum atomic E-state index is 11.3. The lowest BCUT2D eigenvalue weighted by molar-refractivity contribution is -0.105. The number of allylic oxidation sites excluding steroid dienone is 4. The van der Waals surface area contributed by atoms with Gasteiger partial charge in [-0.3, -0.25) is 9.59 Å². The monoisotopic (exact) mass is 415 g/mol. The highest BCUT2D eigenvalue weighted by atomic mass is 35.5. The first-order chi connectivity index (χ1) is 13.8. The van der Waals surface area contributed by atoms with Gasteiger partial charge in [0.15, 0.2) is 0 Å². The van der Waals surface area contributed by atoms with E-state index >= 15 is 0 Å². The van der Waals surface area contributed by atoms with Crippen LogP contribution in [0.1, 0.15) is 51.9 Å². The lowest BCUT2D eigenvalue weighted by Gasteiger charge is -2.12. The van der Waals surface area contributed by atoms with Crippen LogP contribution in [-0.4, -0.2) is 31.7 Å². The third-order valence-corrected chi connectivity index (χ3v) is 4.99. The number of pyridine rings is 1. The smallest absolute Gasteiger partial charge is 0.146 e. The number of hydrogen-bond donors (Lipinski definition) is 2. The first-order valence-electron chi connectivity index (χ1n) is 9.62. The average molecular weight is 416 g/mol. The first-order valence-corrected chi connectivity index (χ1v) is 9.99. The van der Waals surface area contributed by atoms with E-state index in [-0.39, 0.29) is 0 Å². The number of rotatable bonds is 10. The van der Waals surface area contributed by atoms with Crippen LogP contribution in [0.2, 0.25) is 5.02 Å². The van der Waals surface area contributed by atoms with E-state index in [1.54, 1.807) is 26.2 Å². The fourth-order valence-electron chi connectivity index (χ4n) is 2.94. The molecule has 0 spiro atoms. The quantitative estimate of drug-likeness (QED) is 0.329. The van der Waals surface area contributed by atoms with Crippen molar-refractivity contribution in [3.63, 3.8) is 0 Å². The Hall–Kier alpha value is -2.66. The molecule has 29 heavy (non-hydrogen) atoms. The number of aromatic nitrogens is 1. The van der Waals surface area contributed by atoms with E-state index in [4.69, 9.17) is 11.6 Å². The van der Waals surface area contributed by atoms with E-state index in [0.29, 0.717) is 29.3 Å². The minimum absolute atomic E-state index is 0.545. The molecule has 156 valence electrons. The molecule has 1 rings (SSSR count). The molecule has 0 saturated heterocycles. The zero-order chi connectivity index (χ0) is 22.0. The van der Waals surface area contributed by atoms with Crippen molar-refractivity contribution in [2.75, 3.05) is 14.1 Å². The highest BCUT2D eigenvalue weighted by Gasteiger charge is 2.08. The van der Waals surface area contributed by atoms with Gasteiger partial charge < -0.3 is 10.6 Å². The molecule has 0 aliphatic carbocycles. The standard InChI is InChI=1S/C23H30ClN3O2/c1-7-17(13-28)15(3)22(25-5)11-20-9-19(24)10-21(27-20)12-23(26-6)16(4)18(8-2)14-29/h9-14,25-26H,7-8H2,1-6H3/b17-15-,18-16-,22-11-,23-12-. The molecule has 2 N–H and O–H groups in total. The predicted molar refractivity (Wildman–Crippen MR) is 121 cm³/mol. The van der Waals surface area contributed by atoms with Gasteiger partial charge in [-0.2, -0.15) is 0 Å². The predicted octanol–water partition coefficient (Wildman–Crippen LogP) is 4.71. The van der Waals surface area contributed by atoms with E-state index in [9.17, 15) is 9.59 Å². The Morgan fingerprint density at radius 1 is 0.897 bits per heavy atom. The highest BCUT2D eigenvalue weighted by molar-refractivity contribution is 6.30. The number of nitrogens with one attached hydrogen (secondary N) is 2. The number of carbonyl (C=O) groups is 2. The summed E-state index contributed by atoms with van der Waals surface area (Å²) in [6, 6.07) is 3.53. The lowest BCUT2D eigenvalue weighted by atomic mass is 10.0. The maximum absolute atomic E-state index is 11.3. The second-order valence-electron chi connectivity index (χ2n) is 6.49. The van der Waals surface area contributed by atoms with Crippen molar-refractivity contribution in [3.8, 4) is 0 Å². The molecule has 0 aromatic carbocycles. The summed E-state index contributed by atoms with van der Waals surface area (Å²) in [4.78, 5) is 27.2. The summed E-state index contributed by atoms with van der Waals surface area (Å²) < 4.78 is 0. The number of carbonyl (C=O) groups excluding carboxylic acids is 2. The molecule has 1 aromatic heterocycles. The fourth-order valence-corrected chi connectivity index (χ4v) is 3.16. The van der Waals surface area contributed by atoms with Gasteiger partial charge in [-0.1, -0.05) is 25.4 Å². The van der Waals surface area contributed by atoms with Crippen LogP contribution in [-0.2, 0) is 9.59 Å². The van der Waals surface area contributed by atoms with Crippen molar-refractivity contribution in [1.82, 2.24) is 15.6 Å². The van der Waals surface area contributed by atoms with Crippen LogP contribution in [0.25, 0.3) is 12.2 Å². The number of nitrogens with zero attached hydrogens (tertiary/aromatic N) is 1. The van der Waals surface area contributed by atoms with E-state index in [0.717, 1.165) is 46.3 Å². The molecule has 1 heterocycles. The van der Waals surface area contributed by atoms with Crippen LogP contribution in [0.4, 0.5) is 0 Å². The van der Waals surface area contributed by atoms with Gasteiger partial charge in [0.25, 0.3) is 0 Å². The number of aldehydes is 2. The molecular formula is C23H30ClN3O2. The van der Waals surface area contributed by atoms with Crippen LogP contribution in [0.3, 0.4) is 0 Å². The van der Waals surface area contributed by atoms with Gasteiger partial charge in [0, 0.05) is 30.5 Å². The van der Waals surface area contributed by atoms with Crippen LogP contribution in [0.15, 0.2) is 45.8 Å². The zero-order valence-electron chi connectivity index (χ0n) is 18.0. The summed E-state index contributed by atoms with van der Waals surface area (Å²) >= 11 is 6.32. The Morgan fingerprint density at radius 2 is 1.28 bits per heavy atom. The highest BCUT2D eigenvalue weighted by Crippen LogP contribution is 2.21. The molecule has 0 radical (unpaired) electrons. The SMILES string of the molecule is CC/C(C=O)=C(C)/C(=C/c1cc(Cl)cc(/C=C(NC)/C(C)=C(\C=O)CC)n1)NC. The number of hydrogen-bond acceptors (Lipinski definition) is 5. The number of halogens is 1. The van der Waals surface area contributed by atoms with Crippen molar-refractivity contribution in [2.24, 2.45) is 0 Å². The molecule has 0 bridgehead atoms. The van der Waals surface area contributed by atoms with E-state index in [2.05, 4.69) is 15.6 Å². The van der Waals surface area contributed by atoms with Crippen molar-refractivity contribution in [1.29, 1.82) is 0 Å². The molecule has 6 heteroatoms. The average Bonchev–Trinajstić information content (AvgIpc) is 2.71. The molecule has 0 fully saturated rings. The molecule has 0 aliphatic heterocycles. The van der Waals surface area contributed by atoms with Crippen molar-refractivity contribution in [2.45, 2.75) is 40.5 Å². The van der Waals surface area contributed by atoms with Gasteiger partial charge in [-0.05, 0) is 73.3 Å². The Balaban J connectivity index is 3.51. The fraction of sp³-hybridized carbons (Fsp3) is 0.348. The molecular weight excluding hydrogens is 386 g/mol. The summed E-state index contributed by atoms with van der Waals surface area (Å²) in [5.74, 6) is 0. The van der Waals surface area contributed by atoms with Gasteiger partial charge in [-0.15, -0.1) is 0 Å². The molecule has 0 aliphatic rings. The summed E-state index contributed by atoms with van der Waals surface area (Å²) in [7, 11) is 3.61. The van der Waals surface area contributed by atoms with Crippen LogP contribution >= 0.6 is 11.6 Å². The Morgan fingerprint density at radius 3 is 1.55 bits per heavy atom. The van der Waals surface area contributed by atoms with Crippen LogP contribution < -0.4 is 10.6 Å². The van der Waals surface area contributed by atoms with Crippen molar-refractivity contribution in [3.05, 3.63) is 62.2 Å². The Bertz CT molecular complexity index is 812.